The normalized spacial score (nSPS) is 16.9. The maximum atomic E-state index is 12.6. The molecule has 0 N–H and O–H groups in total. The van der Waals surface area contributed by atoms with Gasteiger partial charge in [0.1, 0.15) is 5.58 Å². The number of benzene rings is 1. The van der Waals surface area contributed by atoms with E-state index in [0.717, 1.165) is 34.6 Å². The van der Waals surface area contributed by atoms with Crippen molar-refractivity contribution in [2.24, 2.45) is 5.92 Å². The zero-order chi connectivity index (χ0) is 19.3. The summed E-state index contributed by atoms with van der Waals surface area (Å²) in [5.41, 5.74) is 2.77. The van der Waals surface area contributed by atoms with Crippen LogP contribution in [0.1, 0.15) is 37.0 Å². The van der Waals surface area contributed by atoms with Crippen LogP contribution < -0.4 is 5.63 Å². The molecule has 4 amide bonds. The molecule has 2 aromatic rings. The molecule has 2 heterocycles. The fourth-order valence-electron chi connectivity index (χ4n) is 3.81. The average molecular weight is 368 g/mol. The van der Waals surface area contributed by atoms with Gasteiger partial charge >= 0.3 is 23.5 Å². The van der Waals surface area contributed by atoms with E-state index in [-0.39, 0.29) is 19.0 Å². The van der Waals surface area contributed by atoms with Crippen LogP contribution in [0, 0.1) is 5.92 Å². The van der Waals surface area contributed by atoms with E-state index in [2.05, 4.69) is 0 Å². The van der Waals surface area contributed by atoms with Gasteiger partial charge in [-0.2, -0.15) is 0 Å². The zero-order valence-corrected chi connectivity index (χ0v) is 15.3. The van der Waals surface area contributed by atoms with Gasteiger partial charge in [0, 0.05) is 18.0 Å². The molecule has 1 aliphatic carbocycles. The van der Waals surface area contributed by atoms with Crippen molar-refractivity contribution in [3.63, 3.8) is 0 Å². The third kappa shape index (κ3) is 2.93. The Morgan fingerprint density at radius 2 is 1.63 bits per heavy atom. The first-order valence-corrected chi connectivity index (χ1v) is 9.11. The zero-order valence-electron chi connectivity index (χ0n) is 15.3. The lowest BCUT2D eigenvalue weighted by atomic mass is 10.0. The minimum absolute atomic E-state index is 0.0536. The largest absolute Gasteiger partial charge is 0.423 e. The molecule has 1 aliphatic heterocycles. The Balaban J connectivity index is 1.73. The summed E-state index contributed by atoms with van der Waals surface area (Å²) in [5, 5.41) is 0.700. The van der Waals surface area contributed by atoms with Crippen molar-refractivity contribution in [1.29, 1.82) is 0 Å². The van der Waals surface area contributed by atoms with Crippen molar-refractivity contribution in [3.05, 3.63) is 45.3 Å². The molecule has 7 heteroatoms. The molecule has 2 aliphatic rings. The Kier molecular flexibility index (Phi) is 4.09. The second-order valence-corrected chi connectivity index (χ2v) is 7.54. The van der Waals surface area contributed by atoms with Gasteiger partial charge in [0.15, 0.2) is 0 Å². The van der Waals surface area contributed by atoms with E-state index in [0.29, 0.717) is 16.5 Å². The number of urea groups is 1. The first kappa shape index (κ1) is 17.5. The third-order valence-corrected chi connectivity index (χ3v) is 5.05. The van der Waals surface area contributed by atoms with E-state index in [1.165, 1.54) is 11.6 Å². The third-order valence-electron chi connectivity index (χ3n) is 5.05. The van der Waals surface area contributed by atoms with E-state index in [1.807, 2.05) is 26.0 Å². The second-order valence-electron chi connectivity index (χ2n) is 7.54. The molecule has 7 nitrogen and oxygen atoms in total. The summed E-state index contributed by atoms with van der Waals surface area (Å²) in [5.74, 6) is -1.62. The average Bonchev–Trinajstić information content (AvgIpc) is 3.14. The highest BCUT2D eigenvalue weighted by Gasteiger charge is 2.44. The lowest BCUT2D eigenvalue weighted by Crippen LogP contribution is -2.35. The molecule has 0 radical (unpaired) electrons. The van der Waals surface area contributed by atoms with Crippen molar-refractivity contribution in [3.8, 4) is 0 Å². The van der Waals surface area contributed by atoms with Gasteiger partial charge in [0.05, 0.1) is 6.54 Å². The van der Waals surface area contributed by atoms with E-state index in [1.54, 1.807) is 0 Å². The number of carbonyl (C=O) groups is 3. The first-order chi connectivity index (χ1) is 12.8. The summed E-state index contributed by atoms with van der Waals surface area (Å²) in [7, 11) is 0. The topological polar surface area (TPSA) is 87.9 Å². The summed E-state index contributed by atoms with van der Waals surface area (Å²) >= 11 is 0. The van der Waals surface area contributed by atoms with Gasteiger partial charge in [-0.15, -0.1) is 0 Å². The monoisotopic (exact) mass is 368 g/mol. The summed E-state index contributed by atoms with van der Waals surface area (Å²) < 4.78 is 5.32. The highest BCUT2D eigenvalue weighted by molar-refractivity contribution is 6.44. The van der Waals surface area contributed by atoms with Gasteiger partial charge < -0.3 is 4.42 Å². The van der Waals surface area contributed by atoms with E-state index in [9.17, 15) is 19.2 Å². The Morgan fingerprint density at radius 1 is 0.963 bits per heavy atom. The van der Waals surface area contributed by atoms with E-state index < -0.39 is 23.5 Å². The van der Waals surface area contributed by atoms with Crippen LogP contribution in [0.3, 0.4) is 0 Å². The number of imide groups is 2. The molecule has 4 rings (SSSR count). The summed E-state index contributed by atoms with van der Waals surface area (Å²) in [4.78, 5) is 50.9. The van der Waals surface area contributed by atoms with Crippen molar-refractivity contribution < 1.29 is 18.8 Å². The Hall–Kier alpha value is -2.96. The van der Waals surface area contributed by atoms with E-state index in [4.69, 9.17) is 4.42 Å². The van der Waals surface area contributed by atoms with Crippen molar-refractivity contribution in [1.82, 2.24) is 9.80 Å². The van der Waals surface area contributed by atoms with Crippen molar-refractivity contribution >= 4 is 28.8 Å². The van der Waals surface area contributed by atoms with Crippen LogP contribution in [-0.2, 0) is 29.0 Å². The standard InChI is InChI=1S/C20H20N2O5/c1-11(2)9-21-18(24)19(25)22(20(21)26)10-14-8-17(23)27-16-7-13-5-3-4-12(13)6-15(14)16/h6-8,11H,3-5,9-10H2,1-2H3. The first-order valence-electron chi connectivity index (χ1n) is 9.11. The van der Waals surface area contributed by atoms with Gasteiger partial charge in [-0.3, -0.25) is 19.4 Å². The highest BCUT2D eigenvalue weighted by Crippen LogP contribution is 2.29. The van der Waals surface area contributed by atoms with Crippen molar-refractivity contribution in [2.45, 2.75) is 39.7 Å². The minimum atomic E-state index is -0.858. The number of amides is 4. The minimum Gasteiger partial charge on any atom is -0.423 e. The lowest BCUT2D eigenvalue weighted by Gasteiger charge is -2.17. The molecule has 0 saturated carbocycles. The Labute approximate surface area is 155 Å². The molecule has 1 saturated heterocycles. The molecule has 1 fully saturated rings. The maximum Gasteiger partial charge on any atom is 0.336 e. The number of fused-ring (bicyclic) bond motifs is 2. The maximum absolute atomic E-state index is 12.6. The van der Waals surface area contributed by atoms with Gasteiger partial charge in [-0.1, -0.05) is 13.8 Å². The molecule has 1 aromatic heterocycles. The fraction of sp³-hybridized carbons (Fsp3) is 0.400. The van der Waals surface area contributed by atoms with Crippen LogP contribution in [0.4, 0.5) is 4.79 Å². The number of hydrogen-bond acceptors (Lipinski definition) is 5. The van der Waals surface area contributed by atoms with Gasteiger partial charge in [0.2, 0.25) is 0 Å². The van der Waals surface area contributed by atoms with E-state index >= 15 is 0 Å². The second kappa shape index (κ2) is 6.33. The predicted molar refractivity (Wildman–Crippen MR) is 97.0 cm³/mol. The molecule has 0 atom stereocenters. The molecule has 140 valence electrons. The number of aryl methyl sites for hydroxylation is 2. The van der Waals surface area contributed by atoms with Gasteiger partial charge in [-0.05, 0) is 54.0 Å². The summed E-state index contributed by atoms with van der Waals surface area (Å²) in [6.45, 7) is 3.79. The number of rotatable bonds is 4. The van der Waals surface area contributed by atoms with Crippen LogP contribution in [0.5, 0.6) is 0 Å². The van der Waals surface area contributed by atoms with Gasteiger partial charge in [0.25, 0.3) is 0 Å². The lowest BCUT2D eigenvalue weighted by molar-refractivity contribution is -0.143. The molecule has 0 spiro atoms. The number of carbonyl (C=O) groups excluding carboxylic acids is 3. The molecule has 0 unspecified atom stereocenters. The summed E-state index contributed by atoms with van der Waals surface area (Å²) in [6, 6.07) is 4.49. The van der Waals surface area contributed by atoms with Gasteiger partial charge in [-0.25, -0.2) is 9.59 Å². The fourth-order valence-corrected chi connectivity index (χ4v) is 3.81. The summed E-state index contributed by atoms with van der Waals surface area (Å²) in [6.07, 6.45) is 2.94. The predicted octanol–water partition coefficient (Wildman–Crippen LogP) is 2.23. The molecular formula is C20H20N2O5. The molecule has 27 heavy (non-hydrogen) atoms. The van der Waals surface area contributed by atoms with Crippen LogP contribution in [-0.4, -0.2) is 34.2 Å². The Morgan fingerprint density at radius 3 is 2.33 bits per heavy atom. The van der Waals surface area contributed by atoms with Crippen LogP contribution >= 0.6 is 0 Å². The quantitative estimate of drug-likeness (QED) is 0.469. The SMILES string of the molecule is CC(C)CN1C(=O)C(=O)N(Cc2cc(=O)oc3cc4c(cc23)CCC4)C1=O. The number of nitrogens with zero attached hydrogens (tertiary/aromatic N) is 2. The molecule has 1 aromatic carbocycles. The van der Waals surface area contributed by atoms with Crippen LogP contribution in [0.2, 0.25) is 0 Å². The number of hydrogen-bond donors (Lipinski definition) is 0. The molecule has 0 bridgehead atoms. The smallest absolute Gasteiger partial charge is 0.336 e. The highest BCUT2D eigenvalue weighted by atomic mass is 16.4. The van der Waals surface area contributed by atoms with Crippen LogP contribution in [0.25, 0.3) is 11.0 Å². The van der Waals surface area contributed by atoms with Crippen LogP contribution in [0.15, 0.2) is 27.4 Å². The van der Waals surface area contributed by atoms with Crippen molar-refractivity contribution in [2.75, 3.05) is 6.54 Å². The molecular weight excluding hydrogens is 348 g/mol. The Bertz CT molecular complexity index is 1040.